The van der Waals surface area contributed by atoms with Gasteiger partial charge in [0.1, 0.15) is 12.2 Å². The first-order valence-corrected chi connectivity index (χ1v) is 7.56. The van der Waals surface area contributed by atoms with Crippen molar-refractivity contribution in [3.8, 4) is 0 Å². The predicted octanol–water partition coefficient (Wildman–Crippen LogP) is -0.0284. The summed E-state index contributed by atoms with van der Waals surface area (Å²) in [5, 5.41) is 7.83. The fraction of sp³-hybridized carbons (Fsp3) is 0.857. The lowest BCUT2D eigenvalue weighted by molar-refractivity contribution is 0.176. The Bertz CT molecular complexity index is 404. The van der Waals surface area contributed by atoms with E-state index in [0.29, 0.717) is 12.1 Å². The Balaban J connectivity index is 2.11. The smallest absolute Gasteiger partial charge is 0.138 e. The van der Waals surface area contributed by atoms with E-state index in [1.807, 2.05) is 11.7 Å². The molecule has 6 heteroatoms. The van der Waals surface area contributed by atoms with Crippen LogP contribution < -0.4 is 5.32 Å². The molecule has 1 aromatic rings. The summed E-state index contributed by atoms with van der Waals surface area (Å²) >= 11 is 0. The van der Waals surface area contributed by atoms with E-state index in [0.717, 1.165) is 31.9 Å². The van der Waals surface area contributed by atoms with Crippen LogP contribution in [0.15, 0.2) is 6.33 Å². The number of likely N-dealkylation sites (N-methyl/N-ethyl adjacent to an activating group) is 3. The van der Waals surface area contributed by atoms with Gasteiger partial charge >= 0.3 is 0 Å². The summed E-state index contributed by atoms with van der Waals surface area (Å²) in [7, 11) is 6.43. The highest BCUT2D eigenvalue weighted by Gasteiger charge is 2.29. The molecule has 2 atom stereocenters. The summed E-state index contributed by atoms with van der Waals surface area (Å²) in [6.07, 6.45) is 3.81. The van der Waals surface area contributed by atoms with Crippen molar-refractivity contribution in [2.75, 3.05) is 40.3 Å². The Labute approximate surface area is 122 Å². The molecular formula is C14H28N6. The fourth-order valence-corrected chi connectivity index (χ4v) is 3.05. The van der Waals surface area contributed by atoms with Crippen molar-refractivity contribution in [3.05, 3.63) is 12.2 Å². The zero-order valence-electron chi connectivity index (χ0n) is 13.2. The standard InChI is InChI=1S/C14H28N6/c1-5-15-12(9-14-16-11-17-20(14)4)13-10-18(2)7-6-8-19(13)3/h11-13,15H,5-10H2,1-4H3. The third-order valence-electron chi connectivity index (χ3n) is 4.25. The van der Waals surface area contributed by atoms with Crippen molar-refractivity contribution in [3.63, 3.8) is 0 Å². The van der Waals surface area contributed by atoms with E-state index in [4.69, 9.17) is 0 Å². The highest BCUT2D eigenvalue weighted by Crippen LogP contribution is 2.13. The van der Waals surface area contributed by atoms with Crippen LogP contribution in [0, 0.1) is 0 Å². The first-order chi connectivity index (χ1) is 9.61. The third-order valence-corrected chi connectivity index (χ3v) is 4.25. The van der Waals surface area contributed by atoms with Gasteiger partial charge in [-0.25, -0.2) is 4.98 Å². The molecular weight excluding hydrogens is 252 g/mol. The van der Waals surface area contributed by atoms with Crippen LogP contribution in [-0.4, -0.2) is 76.9 Å². The van der Waals surface area contributed by atoms with Crippen LogP contribution in [0.5, 0.6) is 0 Å². The largest absolute Gasteiger partial charge is 0.312 e. The summed E-state index contributed by atoms with van der Waals surface area (Å²) in [6, 6.07) is 0.924. The molecule has 1 N–H and O–H groups in total. The molecule has 20 heavy (non-hydrogen) atoms. The molecule has 0 amide bonds. The second kappa shape index (κ2) is 7.15. The molecule has 0 aliphatic carbocycles. The first-order valence-electron chi connectivity index (χ1n) is 7.56. The Hall–Kier alpha value is -0.980. The van der Waals surface area contributed by atoms with Gasteiger partial charge < -0.3 is 15.1 Å². The molecule has 0 aromatic carbocycles. The molecule has 2 heterocycles. The number of rotatable bonds is 5. The van der Waals surface area contributed by atoms with Gasteiger partial charge in [-0.3, -0.25) is 4.68 Å². The molecule has 0 saturated carbocycles. The molecule has 0 radical (unpaired) electrons. The Morgan fingerprint density at radius 1 is 1.35 bits per heavy atom. The van der Waals surface area contributed by atoms with E-state index >= 15 is 0 Å². The summed E-state index contributed by atoms with van der Waals surface area (Å²) < 4.78 is 1.88. The van der Waals surface area contributed by atoms with Crippen LogP contribution in [0.2, 0.25) is 0 Å². The number of nitrogens with zero attached hydrogens (tertiary/aromatic N) is 5. The van der Waals surface area contributed by atoms with Crippen LogP contribution in [0.1, 0.15) is 19.2 Å². The van der Waals surface area contributed by atoms with Crippen LogP contribution in [0.3, 0.4) is 0 Å². The maximum Gasteiger partial charge on any atom is 0.138 e. The number of hydrogen-bond acceptors (Lipinski definition) is 5. The maximum absolute atomic E-state index is 4.38. The lowest BCUT2D eigenvalue weighted by Gasteiger charge is -2.34. The SMILES string of the molecule is CCNC(Cc1ncnn1C)C1CN(C)CCCN1C. The first kappa shape index (κ1) is 15.4. The molecule has 0 bridgehead atoms. The molecule has 1 saturated heterocycles. The zero-order valence-corrected chi connectivity index (χ0v) is 13.2. The van der Waals surface area contributed by atoms with Gasteiger partial charge in [0.15, 0.2) is 0 Å². The average Bonchev–Trinajstić information content (AvgIpc) is 2.72. The maximum atomic E-state index is 4.38. The molecule has 0 spiro atoms. The Morgan fingerprint density at radius 3 is 2.80 bits per heavy atom. The fourth-order valence-electron chi connectivity index (χ4n) is 3.05. The molecule has 2 unspecified atom stereocenters. The van der Waals surface area contributed by atoms with Crippen LogP contribution in [0.4, 0.5) is 0 Å². The number of aryl methyl sites for hydroxylation is 1. The van der Waals surface area contributed by atoms with E-state index in [2.05, 4.69) is 46.2 Å². The third kappa shape index (κ3) is 3.77. The van der Waals surface area contributed by atoms with Gasteiger partial charge in [0, 0.05) is 32.1 Å². The molecule has 6 nitrogen and oxygen atoms in total. The van der Waals surface area contributed by atoms with Gasteiger partial charge in [-0.1, -0.05) is 6.92 Å². The highest BCUT2D eigenvalue weighted by atomic mass is 15.3. The number of aromatic nitrogens is 3. The second-order valence-corrected chi connectivity index (χ2v) is 5.83. The minimum atomic E-state index is 0.411. The Kier molecular flexibility index (Phi) is 5.51. The predicted molar refractivity (Wildman–Crippen MR) is 80.7 cm³/mol. The number of hydrogen-bond donors (Lipinski definition) is 1. The molecule has 2 rings (SSSR count). The summed E-state index contributed by atoms with van der Waals surface area (Å²) in [5.41, 5.74) is 0. The van der Waals surface area contributed by atoms with E-state index in [-0.39, 0.29) is 0 Å². The van der Waals surface area contributed by atoms with Crippen molar-refractivity contribution >= 4 is 0 Å². The molecule has 1 fully saturated rings. The van der Waals surface area contributed by atoms with Crippen molar-refractivity contribution in [2.24, 2.45) is 7.05 Å². The average molecular weight is 280 g/mol. The van der Waals surface area contributed by atoms with Crippen molar-refractivity contribution < 1.29 is 0 Å². The van der Waals surface area contributed by atoms with Gasteiger partial charge in [-0.05, 0) is 40.2 Å². The summed E-state index contributed by atoms with van der Waals surface area (Å²) in [4.78, 5) is 9.31. The van der Waals surface area contributed by atoms with Crippen molar-refractivity contribution in [1.29, 1.82) is 0 Å². The normalized spacial score (nSPS) is 23.7. The lowest BCUT2D eigenvalue weighted by atomic mass is 10.0. The van der Waals surface area contributed by atoms with Crippen LogP contribution >= 0.6 is 0 Å². The summed E-state index contributed by atoms with van der Waals surface area (Å²) in [6.45, 7) is 6.60. The van der Waals surface area contributed by atoms with Crippen LogP contribution in [-0.2, 0) is 13.5 Å². The summed E-state index contributed by atoms with van der Waals surface area (Å²) in [5.74, 6) is 1.05. The monoisotopic (exact) mass is 280 g/mol. The van der Waals surface area contributed by atoms with Gasteiger partial charge in [-0.2, -0.15) is 5.10 Å². The molecule has 1 aromatic heterocycles. The molecule has 1 aliphatic heterocycles. The minimum Gasteiger partial charge on any atom is -0.312 e. The minimum absolute atomic E-state index is 0.411. The van der Waals surface area contributed by atoms with E-state index in [1.54, 1.807) is 6.33 Å². The van der Waals surface area contributed by atoms with E-state index in [9.17, 15) is 0 Å². The van der Waals surface area contributed by atoms with Gasteiger partial charge in [0.2, 0.25) is 0 Å². The number of nitrogens with one attached hydrogen (secondary N) is 1. The molecule has 114 valence electrons. The second-order valence-electron chi connectivity index (χ2n) is 5.83. The zero-order chi connectivity index (χ0) is 14.5. The molecule has 1 aliphatic rings. The van der Waals surface area contributed by atoms with Crippen molar-refractivity contribution in [2.45, 2.75) is 31.8 Å². The lowest BCUT2D eigenvalue weighted by Crippen LogP contribution is -2.53. The van der Waals surface area contributed by atoms with Gasteiger partial charge in [0.25, 0.3) is 0 Å². The van der Waals surface area contributed by atoms with Gasteiger partial charge in [0.05, 0.1) is 0 Å². The van der Waals surface area contributed by atoms with Crippen LogP contribution in [0.25, 0.3) is 0 Å². The Morgan fingerprint density at radius 2 is 2.15 bits per heavy atom. The topological polar surface area (TPSA) is 49.2 Å². The van der Waals surface area contributed by atoms with Gasteiger partial charge in [-0.15, -0.1) is 0 Å². The van der Waals surface area contributed by atoms with E-state index < -0.39 is 0 Å². The van der Waals surface area contributed by atoms with E-state index in [1.165, 1.54) is 13.0 Å². The highest BCUT2D eigenvalue weighted by molar-refractivity contribution is 4.96. The van der Waals surface area contributed by atoms with Crippen molar-refractivity contribution in [1.82, 2.24) is 29.9 Å². The quantitative estimate of drug-likeness (QED) is 0.821.